The third-order valence-corrected chi connectivity index (χ3v) is 2.09. The maximum Gasteiger partial charge on any atom is 0.271 e. The van der Waals surface area contributed by atoms with E-state index in [-0.39, 0.29) is 12.3 Å². The molecule has 0 aromatic carbocycles. The van der Waals surface area contributed by atoms with Crippen LogP contribution in [0, 0.1) is 0 Å². The van der Waals surface area contributed by atoms with Crippen LogP contribution in [-0.4, -0.2) is 32.6 Å². The molecule has 1 aromatic heterocycles. The lowest BCUT2D eigenvalue weighted by molar-refractivity contribution is 0.0994. The van der Waals surface area contributed by atoms with Crippen LogP contribution >= 0.6 is 0 Å². The minimum Gasteiger partial charge on any atom is -0.396 e. The molecule has 0 aliphatic heterocycles. The highest BCUT2D eigenvalue weighted by Gasteiger charge is 2.15. The minimum atomic E-state index is -0.548. The molecule has 0 aliphatic carbocycles. The van der Waals surface area contributed by atoms with E-state index in [4.69, 9.17) is 10.8 Å². The third-order valence-electron chi connectivity index (χ3n) is 2.09. The first-order valence-corrected chi connectivity index (χ1v) is 5.03. The summed E-state index contributed by atoms with van der Waals surface area (Å²) in [5, 5.41) is 16.3. The lowest BCUT2D eigenvalue weighted by atomic mass is 10.2. The van der Waals surface area contributed by atoms with E-state index in [1.807, 2.05) is 6.92 Å². The highest BCUT2D eigenvalue weighted by Crippen LogP contribution is 2.08. The van der Waals surface area contributed by atoms with Gasteiger partial charge in [-0.1, -0.05) is 18.6 Å². The largest absolute Gasteiger partial charge is 0.396 e. The van der Waals surface area contributed by atoms with E-state index >= 15 is 0 Å². The van der Waals surface area contributed by atoms with Gasteiger partial charge in [-0.05, 0) is 12.8 Å². The maximum absolute atomic E-state index is 11.0. The molecule has 0 spiro atoms. The zero-order valence-corrected chi connectivity index (χ0v) is 8.81. The Balaban J connectivity index is 2.90. The first-order chi connectivity index (χ1) is 7.20. The van der Waals surface area contributed by atoms with Crippen molar-refractivity contribution in [3.05, 3.63) is 11.4 Å². The van der Waals surface area contributed by atoms with Gasteiger partial charge in [0.1, 0.15) is 0 Å². The molecule has 1 rings (SSSR count). The predicted molar refractivity (Wildman–Crippen MR) is 54.2 cm³/mol. The van der Waals surface area contributed by atoms with E-state index < -0.39 is 5.91 Å². The first-order valence-electron chi connectivity index (χ1n) is 5.03. The second-order valence-corrected chi connectivity index (χ2v) is 3.30. The van der Waals surface area contributed by atoms with Gasteiger partial charge in [-0.15, -0.1) is 5.10 Å². The Morgan fingerprint density at radius 2 is 2.33 bits per heavy atom. The van der Waals surface area contributed by atoms with Crippen molar-refractivity contribution in [1.82, 2.24) is 15.0 Å². The Kier molecular flexibility index (Phi) is 4.23. The monoisotopic (exact) mass is 212 g/mol. The summed E-state index contributed by atoms with van der Waals surface area (Å²) in [5.74, 6) is -0.548. The Morgan fingerprint density at radius 1 is 1.60 bits per heavy atom. The smallest absolute Gasteiger partial charge is 0.271 e. The van der Waals surface area contributed by atoms with Crippen molar-refractivity contribution in [2.45, 2.75) is 32.7 Å². The number of carbonyl (C=O) groups excluding carboxylic acids is 1. The molecule has 0 bridgehead atoms. The van der Waals surface area contributed by atoms with Crippen LogP contribution in [-0.2, 0) is 13.0 Å². The zero-order valence-electron chi connectivity index (χ0n) is 8.81. The summed E-state index contributed by atoms with van der Waals surface area (Å²) in [5.41, 5.74) is 6.19. The van der Waals surface area contributed by atoms with Crippen molar-refractivity contribution in [1.29, 1.82) is 0 Å². The molecule has 1 amide bonds. The molecule has 0 radical (unpaired) electrons. The summed E-state index contributed by atoms with van der Waals surface area (Å²) in [7, 11) is 0. The molecule has 0 fully saturated rings. The second kappa shape index (κ2) is 5.45. The Hall–Kier alpha value is -1.43. The van der Waals surface area contributed by atoms with Gasteiger partial charge < -0.3 is 10.8 Å². The fourth-order valence-corrected chi connectivity index (χ4v) is 1.41. The van der Waals surface area contributed by atoms with Crippen molar-refractivity contribution < 1.29 is 9.90 Å². The third kappa shape index (κ3) is 2.76. The average molecular weight is 212 g/mol. The number of nitrogens with two attached hydrogens (primary N) is 1. The van der Waals surface area contributed by atoms with Gasteiger partial charge >= 0.3 is 0 Å². The highest BCUT2D eigenvalue weighted by atomic mass is 16.3. The van der Waals surface area contributed by atoms with Crippen molar-refractivity contribution in [2.24, 2.45) is 5.73 Å². The van der Waals surface area contributed by atoms with Crippen molar-refractivity contribution in [3.8, 4) is 0 Å². The number of aliphatic hydroxyl groups excluding tert-OH is 1. The van der Waals surface area contributed by atoms with Gasteiger partial charge in [0.2, 0.25) is 0 Å². The minimum absolute atomic E-state index is 0.0946. The van der Waals surface area contributed by atoms with Crippen LogP contribution in [0.15, 0.2) is 0 Å². The number of aliphatic hydroxyl groups is 1. The molecule has 84 valence electrons. The summed E-state index contributed by atoms with van der Waals surface area (Å²) in [6, 6.07) is 0. The fourth-order valence-electron chi connectivity index (χ4n) is 1.41. The van der Waals surface area contributed by atoms with Gasteiger partial charge in [0.25, 0.3) is 5.91 Å². The van der Waals surface area contributed by atoms with Crippen LogP contribution < -0.4 is 5.73 Å². The van der Waals surface area contributed by atoms with Gasteiger partial charge in [0, 0.05) is 13.2 Å². The van der Waals surface area contributed by atoms with Gasteiger partial charge in [0.05, 0.1) is 5.69 Å². The van der Waals surface area contributed by atoms with E-state index in [0.29, 0.717) is 13.0 Å². The van der Waals surface area contributed by atoms with E-state index in [1.54, 1.807) is 4.68 Å². The van der Waals surface area contributed by atoms with Crippen LogP contribution in [0.2, 0.25) is 0 Å². The maximum atomic E-state index is 11.0. The molecule has 15 heavy (non-hydrogen) atoms. The van der Waals surface area contributed by atoms with E-state index in [9.17, 15) is 4.79 Å². The summed E-state index contributed by atoms with van der Waals surface area (Å²) >= 11 is 0. The molecule has 0 saturated heterocycles. The number of aromatic nitrogens is 3. The quantitative estimate of drug-likeness (QED) is 0.677. The molecule has 0 unspecified atom stereocenters. The number of aryl methyl sites for hydroxylation is 1. The fraction of sp³-hybridized carbons (Fsp3) is 0.667. The van der Waals surface area contributed by atoms with E-state index in [0.717, 1.165) is 18.5 Å². The van der Waals surface area contributed by atoms with Crippen LogP contribution in [0.3, 0.4) is 0 Å². The van der Waals surface area contributed by atoms with E-state index in [2.05, 4.69) is 10.3 Å². The zero-order chi connectivity index (χ0) is 11.3. The van der Waals surface area contributed by atoms with Crippen LogP contribution in [0.5, 0.6) is 0 Å². The molecule has 3 N–H and O–H groups in total. The van der Waals surface area contributed by atoms with Gasteiger partial charge in [-0.2, -0.15) is 0 Å². The standard InChI is InChI=1S/C9H16N4O2/c1-2-4-7-8(9(10)15)11-12-13(7)5-3-6-14/h14H,2-6H2,1H3,(H2,10,15). The lowest BCUT2D eigenvalue weighted by Crippen LogP contribution is -2.15. The normalized spacial score (nSPS) is 10.5. The number of nitrogens with zero attached hydrogens (tertiary/aromatic N) is 3. The number of rotatable bonds is 6. The summed E-state index contributed by atoms with van der Waals surface area (Å²) in [6.45, 7) is 2.66. The van der Waals surface area contributed by atoms with Crippen LogP contribution in [0.4, 0.5) is 0 Å². The first kappa shape index (κ1) is 11.6. The molecule has 1 heterocycles. The predicted octanol–water partition coefficient (Wildman–Crippen LogP) is -0.288. The number of hydrogen-bond donors (Lipinski definition) is 2. The number of hydrogen-bond acceptors (Lipinski definition) is 4. The summed E-state index contributed by atoms with van der Waals surface area (Å²) in [6.07, 6.45) is 2.21. The Morgan fingerprint density at radius 3 is 2.87 bits per heavy atom. The van der Waals surface area contributed by atoms with Crippen molar-refractivity contribution >= 4 is 5.91 Å². The molecular weight excluding hydrogens is 196 g/mol. The Labute approximate surface area is 88.1 Å². The molecule has 0 atom stereocenters. The summed E-state index contributed by atoms with van der Waals surface area (Å²) < 4.78 is 1.64. The Bertz CT molecular complexity index is 335. The average Bonchev–Trinajstić information content (AvgIpc) is 2.59. The van der Waals surface area contributed by atoms with Gasteiger partial charge in [0.15, 0.2) is 5.69 Å². The molecule has 6 nitrogen and oxygen atoms in total. The van der Waals surface area contributed by atoms with Gasteiger partial charge in [-0.25, -0.2) is 4.68 Å². The number of amides is 1. The highest BCUT2D eigenvalue weighted by molar-refractivity contribution is 5.91. The molecule has 0 saturated carbocycles. The van der Waals surface area contributed by atoms with E-state index in [1.165, 1.54) is 0 Å². The van der Waals surface area contributed by atoms with Gasteiger partial charge in [-0.3, -0.25) is 4.79 Å². The van der Waals surface area contributed by atoms with Crippen LogP contribution in [0.25, 0.3) is 0 Å². The SMILES string of the molecule is CCCc1c(C(N)=O)nnn1CCCO. The van der Waals surface area contributed by atoms with Crippen LogP contribution in [0.1, 0.15) is 35.9 Å². The van der Waals surface area contributed by atoms with Crippen molar-refractivity contribution in [3.63, 3.8) is 0 Å². The molecular formula is C9H16N4O2. The number of carbonyl (C=O) groups is 1. The molecule has 6 heteroatoms. The molecule has 1 aromatic rings. The number of primary amides is 1. The topological polar surface area (TPSA) is 94.0 Å². The second-order valence-electron chi connectivity index (χ2n) is 3.30. The molecule has 0 aliphatic rings. The summed E-state index contributed by atoms with van der Waals surface area (Å²) in [4.78, 5) is 11.0. The van der Waals surface area contributed by atoms with Crippen molar-refractivity contribution in [2.75, 3.05) is 6.61 Å². The lowest BCUT2D eigenvalue weighted by Gasteiger charge is -2.04.